The van der Waals surface area contributed by atoms with Crippen LogP contribution in [0.5, 0.6) is 0 Å². The first-order valence-corrected chi connectivity index (χ1v) is 8.99. The summed E-state index contributed by atoms with van der Waals surface area (Å²) < 4.78 is 0. The van der Waals surface area contributed by atoms with Gasteiger partial charge in [0, 0.05) is 36.1 Å². The van der Waals surface area contributed by atoms with Gasteiger partial charge in [-0.2, -0.15) is 0 Å². The lowest BCUT2D eigenvalue weighted by Gasteiger charge is -2.31. The number of hydrogen-bond donors (Lipinski definition) is 1. The van der Waals surface area contributed by atoms with E-state index in [1.807, 2.05) is 42.3 Å². The van der Waals surface area contributed by atoms with Gasteiger partial charge in [0.15, 0.2) is 5.13 Å². The predicted molar refractivity (Wildman–Crippen MR) is 95.3 cm³/mol. The lowest BCUT2D eigenvalue weighted by Crippen LogP contribution is -2.41. The molecule has 1 aromatic heterocycles. The highest BCUT2D eigenvalue weighted by molar-refractivity contribution is 7.13. The van der Waals surface area contributed by atoms with E-state index in [2.05, 4.69) is 10.3 Å². The number of anilines is 1. The van der Waals surface area contributed by atoms with E-state index in [0.29, 0.717) is 31.1 Å². The first-order chi connectivity index (χ1) is 11.5. The van der Waals surface area contributed by atoms with Crippen LogP contribution in [0.4, 0.5) is 5.13 Å². The van der Waals surface area contributed by atoms with E-state index in [4.69, 9.17) is 0 Å². The fourth-order valence-corrected chi connectivity index (χ4v) is 3.43. The third-order valence-corrected chi connectivity index (χ3v) is 5.26. The number of aromatic nitrogens is 1. The van der Waals surface area contributed by atoms with Crippen LogP contribution < -0.4 is 5.32 Å². The van der Waals surface area contributed by atoms with Crippen molar-refractivity contribution < 1.29 is 9.59 Å². The van der Waals surface area contributed by atoms with Gasteiger partial charge >= 0.3 is 0 Å². The molecule has 1 saturated heterocycles. The topological polar surface area (TPSA) is 62.3 Å². The normalized spacial score (nSPS) is 15.3. The zero-order chi connectivity index (χ0) is 17.1. The molecule has 2 heterocycles. The highest BCUT2D eigenvalue weighted by atomic mass is 32.1. The van der Waals surface area contributed by atoms with E-state index < -0.39 is 0 Å². The average molecular weight is 343 g/mol. The van der Waals surface area contributed by atoms with Crippen molar-refractivity contribution in [3.8, 4) is 0 Å². The van der Waals surface area contributed by atoms with Crippen LogP contribution in [0.2, 0.25) is 0 Å². The zero-order valence-corrected chi connectivity index (χ0v) is 14.7. The van der Waals surface area contributed by atoms with Crippen molar-refractivity contribution in [1.82, 2.24) is 9.88 Å². The predicted octanol–water partition coefficient (Wildman–Crippen LogP) is 3.25. The Labute approximate surface area is 145 Å². The fraction of sp³-hybridized carbons (Fsp3) is 0.389. The van der Waals surface area contributed by atoms with Gasteiger partial charge in [-0.15, -0.1) is 11.3 Å². The number of nitrogens with one attached hydrogen (secondary N) is 1. The number of benzene rings is 1. The third-order valence-electron chi connectivity index (χ3n) is 4.57. The van der Waals surface area contributed by atoms with E-state index in [1.54, 1.807) is 6.20 Å². The summed E-state index contributed by atoms with van der Waals surface area (Å²) in [5, 5.41) is 5.31. The number of nitrogens with zero attached hydrogens (tertiary/aromatic N) is 2. The molecule has 1 aliphatic rings. The smallest absolute Gasteiger partial charge is 0.253 e. The van der Waals surface area contributed by atoms with Gasteiger partial charge in [-0.25, -0.2) is 4.98 Å². The van der Waals surface area contributed by atoms with Gasteiger partial charge in [-0.05, 0) is 49.9 Å². The summed E-state index contributed by atoms with van der Waals surface area (Å²) in [6.07, 6.45) is 3.05. The quantitative estimate of drug-likeness (QED) is 0.930. The molecule has 1 fully saturated rings. The minimum atomic E-state index is -0.0577. The summed E-state index contributed by atoms with van der Waals surface area (Å²) in [7, 11) is 0. The van der Waals surface area contributed by atoms with Crippen LogP contribution in [0, 0.1) is 19.8 Å². The average Bonchev–Trinajstić information content (AvgIpc) is 3.10. The highest BCUT2D eigenvalue weighted by Crippen LogP contribution is 2.22. The van der Waals surface area contributed by atoms with Gasteiger partial charge in [-0.1, -0.05) is 6.07 Å². The molecule has 0 saturated carbocycles. The minimum Gasteiger partial charge on any atom is -0.339 e. The molecule has 1 N–H and O–H groups in total. The number of carbonyl (C=O) groups is 2. The summed E-state index contributed by atoms with van der Waals surface area (Å²) in [6.45, 7) is 5.28. The van der Waals surface area contributed by atoms with Crippen molar-refractivity contribution in [2.75, 3.05) is 18.4 Å². The Morgan fingerprint density at radius 1 is 1.21 bits per heavy atom. The lowest BCUT2D eigenvalue weighted by atomic mass is 9.95. The second-order valence-corrected chi connectivity index (χ2v) is 7.09. The first kappa shape index (κ1) is 16.6. The molecule has 5 nitrogen and oxygen atoms in total. The molecule has 126 valence electrons. The number of likely N-dealkylation sites (tertiary alicyclic amines) is 1. The molecule has 6 heteroatoms. The van der Waals surface area contributed by atoms with E-state index in [-0.39, 0.29) is 17.7 Å². The van der Waals surface area contributed by atoms with Crippen molar-refractivity contribution in [2.24, 2.45) is 5.92 Å². The zero-order valence-electron chi connectivity index (χ0n) is 13.9. The van der Waals surface area contributed by atoms with Crippen molar-refractivity contribution >= 4 is 28.3 Å². The summed E-state index contributed by atoms with van der Waals surface area (Å²) in [5.74, 6) is -0.00202. The second-order valence-electron chi connectivity index (χ2n) is 6.19. The van der Waals surface area contributed by atoms with Crippen LogP contribution in [0.1, 0.15) is 34.3 Å². The lowest BCUT2D eigenvalue weighted by molar-refractivity contribution is -0.121. The Morgan fingerprint density at radius 2 is 1.96 bits per heavy atom. The van der Waals surface area contributed by atoms with Crippen LogP contribution in [-0.4, -0.2) is 34.8 Å². The standard InChI is InChI=1S/C18H21N3O2S/c1-12-3-4-15(11-13(12)2)17(23)21-8-5-14(6-9-21)16(22)20-18-19-7-10-24-18/h3-4,7,10-11,14H,5-6,8-9H2,1-2H3,(H,19,20,22). The molecule has 0 radical (unpaired) electrons. The van der Waals surface area contributed by atoms with Gasteiger partial charge < -0.3 is 10.2 Å². The number of carbonyl (C=O) groups excluding carboxylic acids is 2. The van der Waals surface area contributed by atoms with Gasteiger partial charge in [-0.3, -0.25) is 9.59 Å². The number of amides is 2. The Bertz CT molecular complexity index is 735. The summed E-state index contributed by atoms with van der Waals surface area (Å²) in [5.41, 5.74) is 3.03. The number of rotatable bonds is 3. The van der Waals surface area contributed by atoms with E-state index in [9.17, 15) is 9.59 Å². The molecule has 24 heavy (non-hydrogen) atoms. The van der Waals surface area contributed by atoms with Gasteiger partial charge in [0.25, 0.3) is 5.91 Å². The number of thiazole rings is 1. The van der Waals surface area contributed by atoms with Crippen LogP contribution in [0.3, 0.4) is 0 Å². The van der Waals surface area contributed by atoms with Gasteiger partial charge in [0.05, 0.1) is 0 Å². The Balaban J connectivity index is 1.57. The molecule has 0 atom stereocenters. The van der Waals surface area contributed by atoms with Crippen molar-refractivity contribution in [3.05, 3.63) is 46.5 Å². The van der Waals surface area contributed by atoms with Crippen LogP contribution in [0.25, 0.3) is 0 Å². The van der Waals surface area contributed by atoms with Crippen molar-refractivity contribution in [1.29, 1.82) is 0 Å². The summed E-state index contributed by atoms with van der Waals surface area (Å²) in [4.78, 5) is 30.8. The maximum absolute atomic E-state index is 12.6. The first-order valence-electron chi connectivity index (χ1n) is 8.11. The summed E-state index contributed by atoms with van der Waals surface area (Å²) in [6, 6.07) is 5.81. The van der Waals surface area contributed by atoms with Crippen molar-refractivity contribution in [3.63, 3.8) is 0 Å². The third kappa shape index (κ3) is 3.64. The molecule has 0 spiro atoms. The molecule has 2 amide bonds. The van der Waals surface area contributed by atoms with E-state index in [1.165, 1.54) is 16.9 Å². The maximum atomic E-state index is 12.6. The van der Waals surface area contributed by atoms with Gasteiger partial charge in [0.2, 0.25) is 5.91 Å². The number of hydrogen-bond acceptors (Lipinski definition) is 4. The monoisotopic (exact) mass is 343 g/mol. The molecule has 0 bridgehead atoms. The number of aryl methyl sites for hydroxylation is 2. The Kier molecular flexibility index (Phi) is 4.94. The molecule has 2 aromatic rings. The summed E-state index contributed by atoms with van der Waals surface area (Å²) >= 11 is 1.41. The molecule has 1 aromatic carbocycles. The molecule has 3 rings (SSSR count). The largest absolute Gasteiger partial charge is 0.339 e. The maximum Gasteiger partial charge on any atom is 0.253 e. The molecule has 0 aliphatic carbocycles. The van der Waals surface area contributed by atoms with E-state index >= 15 is 0 Å². The highest BCUT2D eigenvalue weighted by Gasteiger charge is 2.28. The number of piperidine rings is 1. The van der Waals surface area contributed by atoms with E-state index in [0.717, 1.165) is 11.1 Å². The second kappa shape index (κ2) is 7.13. The van der Waals surface area contributed by atoms with Crippen molar-refractivity contribution in [2.45, 2.75) is 26.7 Å². The minimum absolute atomic E-state index is 0.00299. The van der Waals surface area contributed by atoms with Gasteiger partial charge in [0.1, 0.15) is 0 Å². The molecular formula is C18H21N3O2S. The van der Waals surface area contributed by atoms with Crippen LogP contribution in [0.15, 0.2) is 29.8 Å². The van der Waals surface area contributed by atoms with Crippen LogP contribution >= 0.6 is 11.3 Å². The molecular weight excluding hydrogens is 322 g/mol. The SMILES string of the molecule is Cc1ccc(C(=O)N2CCC(C(=O)Nc3nccs3)CC2)cc1C. The fourth-order valence-electron chi connectivity index (χ4n) is 2.89. The van der Waals surface area contributed by atoms with Crippen LogP contribution in [-0.2, 0) is 4.79 Å². The Morgan fingerprint density at radius 3 is 2.58 bits per heavy atom. The Hall–Kier alpha value is -2.21. The molecule has 0 unspecified atom stereocenters. The molecule has 1 aliphatic heterocycles.